The zero-order valence-corrected chi connectivity index (χ0v) is 16.8. The Balaban J connectivity index is 1.66. The average Bonchev–Trinajstić information content (AvgIpc) is 2.90. The second-order valence-electron chi connectivity index (χ2n) is 7.32. The van der Waals surface area contributed by atoms with Crippen LogP contribution < -0.4 is 4.90 Å². The maximum Gasteiger partial charge on any atom is 0.294 e. The van der Waals surface area contributed by atoms with Crippen LogP contribution in [0, 0.1) is 5.92 Å². The van der Waals surface area contributed by atoms with Gasteiger partial charge in [-0.05, 0) is 54.3 Å². The normalized spacial score (nSPS) is 19.9. The van der Waals surface area contributed by atoms with E-state index < -0.39 is 0 Å². The number of piperidine rings is 1. The van der Waals surface area contributed by atoms with Gasteiger partial charge in [-0.25, -0.2) is 0 Å². The van der Waals surface area contributed by atoms with E-state index in [-0.39, 0.29) is 23.6 Å². The number of benzene rings is 1. The quantitative estimate of drug-likeness (QED) is 0.743. The third-order valence-electron chi connectivity index (χ3n) is 5.01. The molecule has 0 unspecified atom stereocenters. The first-order chi connectivity index (χ1) is 12.8. The molecule has 0 aromatic heterocycles. The van der Waals surface area contributed by atoms with Gasteiger partial charge in [0.15, 0.2) is 0 Å². The first-order valence-corrected chi connectivity index (χ1v) is 9.97. The van der Waals surface area contributed by atoms with Crippen LogP contribution >= 0.6 is 11.8 Å². The lowest BCUT2D eigenvalue weighted by atomic mass is 9.99. The van der Waals surface area contributed by atoms with Gasteiger partial charge in [0, 0.05) is 32.9 Å². The van der Waals surface area contributed by atoms with Crippen molar-refractivity contribution in [3.05, 3.63) is 34.7 Å². The average molecular weight is 388 g/mol. The number of hydrogen-bond acceptors (Lipinski definition) is 5. The molecule has 0 spiro atoms. The van der Waals surface area contributed by atoms with Crippen LogP contribution in [-0.2, 0) is 9.59 Å². The summed E-state index contributed by atoms with van der Waals surface area (Å²) >= 11 is 0.894. The van der Waals surface area contributed by atoms with Crippen molar-refractivity contribution in [2.45, 2.75) is 19.8 Å². The van der Waals surface area contributed by atoms with E-state index in [0.717, 1.165) is 40.8 Å². The predicted molar refractivity (Wildman–Crippen MR) is 108 cm³/mol. The lowest BCUT2D eigenvalue weighted by Gasteiger charge is -2.31. The van der Waals surface area contributed by atoms with E-state index in [9.17, 15) is 14.4 Å². The highest BCUT2D eigenvalue weighted by atomic mass is 32.2. The molecule has 2 fully saturated rings. The van der Waals surface area contributed by atoms with Crippen LogP contribution in [0.5, 0.6) is 0 Å². The zero-order chi connectivity index (χ0) is 19.6. The summed E-state index contributed by atoms with van der Waals surface area (Å²) in [5.74, 6) is 0.0780. The van der Waals surface area contributed by atoms with Gasteiger partial charge in [0.1, 0.15) is 6.54 Å². The van der Waals surface area contributed by atoms with Crippen LogP contribution in [0.15, 0.2) is 29.2 Å². The Hall–Kier alpha value is -2.28. The van der Waals surface area contributed by atoms with Crippen molar-refractivity contribution in [3.8, 4) is 0 Å². The van der Waals surface area contributed by atoms with Crippen molar-refractivity contribution in [3.63, 3.8) is 0 Å². The van der Waals surface area contributed by atoms with Gasteiger partial charge in [-0.15, -0.1) is 0 Å². The second-order valence-corrected chi connectivity index (χ2v) is 8.31. The Morgan fingerprint density at radius 2 is 1.81 bits per heavy atom. The van der Waals surface area contributed by atoms with Crippen LogP contribution in [0.1, 0.15) is 25.3 Å². The number of carbonyl (C=O) groups is 3. The number of anilines is 1. The van der Waals surface area contributed by atoms with E-state index in [4.69, 9.17) is 0 Å². The lowest BCUT2D eigenvalue weighted by molar-refractivity contribution is -0.136. The molecular formula is C20H25N3O3S. The number of rotatable bonds is 4. The fourth-order valence-corrected chi connectivity index (χ4v) is 3.99. The molecule has 0 atom stereocenters. The van der Waals surface area contributed by atoms with Crippen molar-refractivity contribution >= 4 is 40.6 Å². The molecule has 2 heterocycles. The molecule has 2 saturated heterocycles. The van der Waals surface area contributed by atoms with E-state index in [1.54, 1.807) is 11.0 Å². The minimum Gasteiger partial charge on any atom is -0.378 e. The first kappa shape index (κ1) is 19.5. The van der Waals surface area contributed by atoms with E-state index in [1.165, 1.54) is 0 Å². The van der Waals surface area contributed by atoms with E-state index in [2.05, 4.69) is 6.92 Å². The molecule has 0 N–H and O–H groups in total. The Bertz CT molecular complexity index is 765. The largest absolute Gasteiger partial charge is 0.378 e. The second kappa shape index (κ2) is 8.17. The number of carbonyl (C=O) groups excluding carboxylic acids is 3. The highest BCUT2D eigenvalue weighted by molar-refractivity contribution is 8.18. The topological polar surface area (TPSA) is 60.9 Å². The highest BCUT2D eigenvalue weighted by Crippen LogP contribution is 2.32. The van der Waals surface area contributed by atoms with Crippen LogP contribution in [0.25, 0.3) is 6.08 Å². The van der Waals surface area contributed by atoms with Crippen molar-refractivity contribution < 1.29 is 14.4 Å². The summed E-state index contributed by atoms with van der Waals surface area (Å²) in [4.78, 5) is 42.5. The highest BCUT2D eigenvalue weighted by Gasteiger charge is 2.37. The smallest absolute Gasteiger partial charge is 0.294 e. The third-order valence-corrected chi connectivity index (χ3v) is 5.92. The Labute approximate surface area is 164 Å². The van der Waals surface area contributed by atoms with Gasteiger partial charge in [0.2, 0.25) is 5.91 Å². The van der Waals surface area contributed by atoms with E-state index in [1.807, 2.05) is 43.3 Å². The SMILES string of the molecule is CC1CCN(C(=O)CN2C(=O)S/C(=C/c3ccc(N(C)C)cc3)C2=O)CC1. The monoisotopic (exact) mass is 387 g/mol. The number of hydrogen-bond donors (Lipinski definition) is 0. The Kier molecular flexibility index (Phi) is 5.89. The molecule has 0 bridgehead atoms. The molecule has 144 valence electrons. The van der Waals surface area contributed by atoms with Gasteiger partial charge in [-0.3, -0.25) is 19.3 Å². The zero-order valence-electron chi connectivity index (χ0n) is 16.0. The van der Waals surface area contributed by atoms with Crippen molar-refractivity contribution in [1.82, 2.24) is 9.80 Å². The molecule has 3 rings (SSSR count). The Morgan fingerprint density at radius 1 is 1.19 bits per heavy atom. The van der Waals surface area contributed by atoms with Crippen LogP contribution in [-0.4, -0.2) is 60.6 Å². The summed E-state index contributed by atoms with van der Waals surface area (Å²) in [6.45, 7) is 3.40. The molecule has 1 aromatic carbocycles. The van der Waals surface area contributed by atoms with Crippen LogP contribution in [0.3, 0.4) is 0 Å². The molecule has 3 amide bonds. The van der Waals surface area contributed by atoms with Crippen LogP contribution in [0.2, 0.25) is 0 Å². The van der Waals surface area contributed by atoms with Gasteiger partial charge >= 0.3 is 0 Å². The van der Waals surface area contributed by atoms with Crippen LogP contribution in [0.4, 0.5) is 10.5 Å². The minimum absolute atomic E-state index is 0.152. The van der Waals surface area contributed by atoms with Gasteiger partial charge in [-0.1, -0.05) is 19.1 Å². The summed E-state index contributed by atoms with van der Waals surface area (Å²) in [5.41, 5.74) is 1.91. The standard InChI is InChI=1S/C20H25N3O3S/c1-14-8-10-22(11-9-14)18(24)13-23-19(25)17(27-20(23)26)12-15-4-6-16(7-5-15)21(2)3/h4-7,12,14H,8-11,13H2,1-3H3/b17-12+. The molecular weight excluding hydrogens is 362 g/mol. The molecule has 2 aliphatic rings. The van der Waals surface area contributed by atoms with Crippen molar-refractivity contribution in [1.29, 1.82) is 0 Å². The van der Waals surface area contributed by atoms with Crippen molar-refractivity contribution in [2.75, 3.05) is 38.6 Å². The van der Waals surface area contributed by atoms with Crippen molar-refractivity contribution in [2.24, 2.45) is 5.92 Å². The molecule has 0 radical (unpaired) electrons. The summed E-state index contributed by atoms with van der Waals surface area (Å²) in [5, 5.41) is -0.380. The number of nitrogens with zero attached hydrogens (tertiary/aromatic N) is 3. The predicted octanol–water partition coefficient (Wildman–Crippen LogP) is 3.05. The van der Waals surface area contributed by atoms with Gasteiger partial charge in [0.25, 0.3) is 11.1 Å². The molecule has 1 aromatic rings. The fraction of sp³-hybridized carbons (Fsp3) is 0.450. The summed E-state index contributed by atoms with van der Waals surface area (Å²) in [6, 6.07) is 7.72. The molecule has 6 nitrogen and oxygen atoms in total. The summed E-state index contributed by atoms with van der Waals surface area (Å²) in [6.07, 6.45) is 3.64. The molecule has 0 aliphatic carbocycles. The number of imide groups is 1. The molecule has 2 aliphatic heterocycles. The molecule has 7 heteroatoms. The fourth-order valence-electron chi connectivity index (χ4n) is 3.15. The first-order valence-electron chi connectivity index (χ1n) is 9.15. The number of likely N-dealkylation sites (tertiary alicyclic amines) is 1. The number of amides is 3. The lowest BCUT2D eigenvalue weighted by Crippen LogP contribution is -2.45. The summed E-state index contributed by atoms with van der Waals surface area (Å²) in [7, 11) is 3.92. The van der Waals surface area contributed by atoms with E-state index in [0.29, 0.717) is 23.9 Å². The third kappa shape index (κ3) is 4.53. The van der Waals surface area contributed by atoms with E-state index >= 15 is 0 Å². The maximum atomic E-state index is 12.6. The van der Waals surface area contributed by atoms with Gasteiger partial charge in [0.05, 0.1) is 4.91 Å². The van der Waals surface area contributed by atoms with Gasteiger partial charge < -0.3 is 9.80 Å². The number of thioether (sulfide) groups is 1. The summed E-state index contributed by atoms with van der Waals surface area (Å²) < 4.78 is 0. The Morgan fingerprint density at radius 3 is 2.41 bits per heavy atom. The molecule has 0 saturated carbocycles. The minimum atomic E-state index is -0.389. The van der Waals surface area contributed by atoms with Gasteiger partial charge in [-0.2, -0.15) is 0 Å². The molecule has 27 heavy (non-hydrogen) atoms. The maximum absolute atomic E-state index is 12.6.